The van der Waals surface area contributed by atoms with Crippen LogP contribution in [0.2, 0.25) is 0 Å². The first-order chi connectivity index (χ1) is 26.5. The summed E-state index contributed by atoms with van der Waals surface area (Å²) in [7, 11) is -6.33. The molecular weight excluding hydrogens is 755 g/mol. The zero-order valence-electron chi connectivity index (χ0n) is 29.8. The summed E-state index contributed by atoms with van der Waals surface area (Å²) >= 11 is 3.60. The molecule has 54 heavy (non-hydrogen) atoms. The van der Waals surface area contributed by atoms with Gasteiger partial charge in [-0.3, -0.25) is 0 Å². The van der Waals surface area contributed by atoms with E-state index in [9.17, 15) is 10.0 Å². The van der Waals surface area contributed by atoms with Crippen LogP contribution in [0.1, 0.15) is 0 Å². The van der Waals surface area contributed by atoms with Crippen LogP contribution in [-0.2, 0) is 0 Å². The Kier molecular flexibility index (Phi) is 11.8. The summed E-state index contributed by atoms with van der Waals surface area (Å²) in [6.45, 7) is 0. The maximum atomic E-state index is 9.54. The van der Waals surface area contributed by atoms with Gasteiger partial charge in [-0.15, -0.1) is 0 Å². The highest BCUT2D eigenvalue weighted by Gasteiger charge is 2.42. The molecule has 8 rings (SSSR count). The molecule has 2 N–H and O–H groups in total. The highest BCUT2D eigenvalue weighted by Crippen LogP contribution is 2.13. The van der Waals surface area contributed by atoms with E-state index in [4.69, 9.17) is 0 Å². The molecule has 8 aromatic rings. The van der Waals surface area contributed by atoms with Crippen molar-refractivity contribution in [2.24, 2.45) is 0 Å². The van der Waals surface area contributed by atoms with Crippen LogP contribution < -0.4 is 47.0 Å². The normalized spacial score (nSPS) is 11.2. The van der Waals surface area contributed by atoms with E-state index in [2.05, 4.69) is 204 Å². The fourth-order valence-corrected chi connectivity index (χ4v) is 17.5. The SMILES string of the molecule is Brc1ccc([Si](c2ccccc2)(c2ccccc2)c2ccccc2)cc1.OB(O)c1ccc([Si](c2ccccc2)(c2ccccc2)c2ccccc2)cc1. The third-order valence-corrected chi connectivity index (χ3v) is 20.3. The standard InChI is InChI=1S/C24H21BO2Si.C24H19BrSi/c26-25(27)20-16-18-24(19-17-20)28(21-10-4-1-5-11-21,22-12-6-2-7-13-22)23-14-8-3-9-15-23;25-20-16-18-24(19-17-20)26(21-10-4-1-5-11-21,22-12-6-2-7-13-22)23-14-8-3-9-15-23/h1-19,26-27H;1-19H. The molecule has 8 aromatic carbocycles. The van der Waals surface area contributed by atoms with Crippen LogP contribution in [0.4, 0.5) is 0 Å². The summed E-state index contributed by atoms with van der Waals surface area (Å²) < 4.78 is 1.11. The average Bonchev–Trinajstić information content (AvgIpc) is 3.25. The van der Waals surface area contributed by atoms with Gasteiger partial charge in [0.05, 0.1) is 0 Å². The smallest absolute Gasteiger partial charge is 0.423 e. The molecule has 0 saturated heterocycles. The molecule has 2 nitrogen and oxygen atoms in total. The summed E-state index contributed by atoms with van der Waals surface area (Å²) in [5, 5.41) is 29.8. The molecule has 0 fully saturated rings. The van der Waals surface area contributed by atoms with E-state index in [-0.39, 0.29) is 0 Å². The van der Waals surface area contributed by atoms with Crippen molar-refractivity contribution in [3.8, 4) is 0 Å². The van der Waals surface area contributed by atoms with Crippen molar-refractivity contribution in [1.29, 1.82) is 0 Å². The van der Waals surface area contributed by atoms with Gasteiger partial charge in [-0.05, 0) is 59.1 Å². The van der Waals surface area contributed by atoms with Crippen LogP contribution >= 0.6 is 15.9 Å². The van der Waals surface area contributed by atoms with Gasteiger partial charge < -0.3 is 10.0 Å². The number of hydrogen-bond donors (Lipinski definition) is 2. The minimum Gasteiger partial charge on any atom is -0.423 e. The first kappa shape index (κ1) is 37.0. The van der Waals surface area contributed by atoms with E-state index in [0.717, 1.165) is 4.47 Å². The van der Waals surface area contributed by atoms with Gasteiger partial charge >= 0.3 is 7.12 Å². The van der Waals surface area contributed by atoms with E-state index in [0.29, 0.717) is 5.46 Å². The summed E-state index contributed by atoms with van der Waals surface area (Å²) in [6, 6.07) is 81.5. The van der Waals surface area contributed by atoms with Gasteiger partial charge in [0.2, 0.25) is 0 Å². The molecule has 0 radical (unpaired) electrons. The van der Waals surface area contributed by atoms with Crippen LogP contribution in [0.15, 0.2) is 235 Å². The van der Waals surface area contributed by atoms with E-state index >= 15 is 0 Å². The fourth-order valence-electron chi connectivity index (χ4n) is 7.73. The Morgan fingerprint density at radius 3 is 0.704 bits per heavy atom. The van der Waals surface area contributed by atoms with Crippen molar-refractivity contribution < 1.29 is 10.0 Å². The van der Waals surface area contributed by atoms with Gasteiger partial charge in [-0.2, -0.15) is 0 Å². The number of halogens is 1. The first-order valence-corrected chi connectivity index (χ1v) is 22.9. The Balaban J connectivity index is 0.000000167. The molecule has 0 bridgehead atoms. The third kappa shape index (κ3) is 7.40. The molecular formula is C48H40BBrO2Si2. The minimum absolute atomic E-state index is 0.501. The lowest BCUT2D eigenvalue weighted by molar-refractivity contribution is 0.426. The Bertz CT molecular complexity index is 2140. The molecule has 0 aliphatic heterocycles. The van der Waals surface area contributed by atoms with Crippen molar-refractivity contribution >= 4 is 86.2 Å². The van der Waals surface area contributed by atoms with Crippen LogP contribution in [0, 0.1) is 0 Å². The molecule has 0 amide bonds. The Hall–Kier alpha value is -5.34. The molecule has 0 atom stereocenters. The van der Waals surface area contributed by atoms with Crippen molar-refractivity contribution in [1.82, 2.24) is 0 Å². The molecule has 0 aromatic heterocycles. The Morgan fingerprint density at radius 2 is 0.481 bits per heavy atom. The van der Waals surface area contributed by atoms with Crippen molar-refractivity contribution in [2.75, 3.05) is 0 Å². The molecule has 0 aliphatic rings. The topological polar surface area (TPSA) is 40.5 Å². The van der Waals surface area contributed by atoms with E-state index < -0.39 is 23.3 Å². The van der Waals surface area contributed by atoms with Gasteiger partial charge in [0.1, 0.15) is 0 Å². The second-order valence-corrected chi connectivity index (χ2v) is 21.7. The summed E-state index contributed by atoms with van der Waals surface area (Å²) in [5.41, 5.74) is 0.501. The molecule has 0 aliphatic carbocycles. The minimum atomic E-state index is -2.52. The third-order valence-electron chi connectivity index (χ3n) is 10.2. The van der Waals surface area contributed by atoms with Crippen LogP contribution in [-0.4, -0.2) is 33.3 Å². The Labute approximate surface area is 329 Å². The van der Waals surface area contributed by atoms with E-state index in [1.54, 1.807) is 0 Å². The van der Waals surface area contributed by atoms with Crippen LogP contribution in [0.25, 0.3) is 0 Å². The van der Waals surface area contributed by atoms with Crippen LogP contribution in [0.3, 0.4) is 0 Å². The lowest BCUT2D eigenvalue weighted by Crippen LogP contribution is -2.74. The van der Waals surface area contributed by atoms with Gasteiger partial charge in [0.15, 0.2) is 16.1 Å². The van der Waals surface area contributed by atoms with Gasteiger partial charge in [0.25, 0.3) is 0 Å². The van der Waals surface area contributed by atoms with E-state index in [1.807, 2.05) is 42.5 Å². The Morgan fingerprint density at radius 1 is 0.278 bits per heavy atom. The summed E-state index contributed by atoms with van der Waals surface area (Å²) in [4.78, 5) is 0. The second kappa shape index (κ2) is 17.2. The average molecular weight is 796 g/mol. The van der Waals surface area contributed by atoms with Crippen LogP contribution in [0.5, 0.6) is 0 Å². The number of benzene rings is 8. The zero-order valence-corrected chi connectivity index (χ0v) is 33.4. The first-order valence-electron chi connectivity index (χ1n) is 18.1. The molecule has 262 valence electrons. The predicted octanol–water partition coefficient (Wildman–Crippen LogP) is 4.57. The largest absolute Gasteiger partial charge is 0.488 e. The van der Waals surface area contributed by atoms with Crippen molar-refractivity contribution in [3.05, 3.63) is 235 Å². The highest BCUT2D eigenvalue weighted by molar-refractivity contribution is 9.10. The maximum Gasteiger partial charge on any atom is 0.488 e. The fraction of sp³-hybridized carbons (Fsp3) is 0. The summed E-state index contributed by atoms with van der Waals surface area (Å²) in [6.07, 6.45) is 0. The molecule has 0 saturated carbocycles. The van der Waals surface area contributed by atoms with Crippen molar-refractivity contribution in [2.45, 2.75) is 0 Å². The molecule has 0 heterocycles. The highest BCUT2D eigenvalue weighted by atomic mass is 79.9. The lowest BCUT2D eigenvalue weighted by atomic mass is 9.81. The van der Waals surface area contributed by atoms with Gasteiger partial charge in [0, 0.05) is 4.47 Å². The van der Waals surface area contributed by atoms with Crippen molar-refractivity contribution in [3.63, 3.8) is 0 Å². The van der Waals surface area contributed by atoms with Gasteiger partial charge in [-0.25, -0.2) is 0 Å². The second-order valence-electron chi connectivity index (χ2n) is 13.2. The lowest BCUT2D eigenvalue weighted by Gasteiger charge is -2.34. The quantitative estimate of drug-likeness (QED) is 0.166. The molecule has 6 heteroatoms. The molecule has 0 spiro atoms. The van der Waals surface area contributed by atoms with Gasteiger partial charge in [-0.1, -0.05) is 234 Å². The summed E-state index contributed by atoms with van der Waals surface area (Å²) in [5.74, 6) is 0. The monoisotopic (exact) mass is 794 g/mol. The number of rotatable bonds is 9. The zero-order chi connectivity index (χ0) is 37.2. The maximum absolute atomic E-state index is 9.54. The molecule has 0 unspecified atom stereocenters. The van der Waals surface area contributed by atoms with E-state index in [1.165, 1.54) is 41.5 Å². The number of hydrogen-bond acceptors (Lipinski definition) is 2. The predicted molar refractivity (Wildman–Crippen MR) is 238 cm³/mol.